The van der Waals surface area contributed by atoms with E-state index in [1.54, 1.807) is 18.2 Å². The van der Waals surface area contributed by atoms with Crippen LogP contribution in [0.4, 0.5) is 0 Å². The maximum Gasteiger partial charge on any atom is 0.142 e. The molecular formula is C33H45N3O3. The highest BCUT2D eigenvalue weighted by Crippen LogP contribution is 2.50. The zero-order valence-corrected chi connectivity index (χ0v) is 23.5. The van der Waals surface area contributed by atoms with E-state index in [4.69, 9.17) is 10.5 Å². The summed E-state index contributed by atoms with van der Waals surface area (Å²) in [5.41, 5.74) is 11.1. The Bertz CT molecular complexity index is 1120. The van der Waals surface area contributed by atoms with Crippen molar-refractivity contribution in [3.63, 3.8) is 0 Å². The number of allylic oxidation sites excluding steroid dienone is 3. The Morgan fingerprint density at radius 2 is 1.82 bits per heavy atom. The predicted molar refractivity (Wildman–Crippen MR) is 160 cm³/mol. The number of nitrogens with two attached hydrogens (primary N) is 1. The van der Waals surface area contributed by atoms with Gasteiger partial charge in [0, 0.05) is 24.4 Å². The molecule has 0 aromatic heterocycles. The lowest BCUT2D eigenvalue weighted by atomic mass is 9.58. The van der Waals surface area contributed by atoms with E-state index in [1.807, 2.05) is 32.2 Å². The first kappa shape index (κ1) is 30.2. The second kappa shape index (κ2) is 15.3. The monoisotopic (exact) mass is 531 g/mol. The van der Waals surface area contributed by atoms with Gasteiger partial charge in [0.2, 0.25) is 0 Å². The highest BCUT2D eigenvalue weighted by atomic mass is 16.5. The van der Waals surface area contributed by atoms with Gasteiger partial charge in [-0.25, -0.2) is 0 Å². The molecule has 39 heavy (non-hydrogen) atoms. The molecule has 1 spiro atoms. The van der Waals surface area contributed by atoms with Gasteiger partial charge in [-0.3, -0.25) is 0 Å². The standard InChI is InChI=1S/C24H30N2O2.C9H15NO/c1-4-7-22(25)24(16-18(2)21-8-5-6-9-23(21)27)28-15-14-19-10-12-20(13-11-19)17-26-3;11-7-8-5-9(6-8)1-3-10-4-2-9/h5-13,16,26-27H,2,4,14-15,17,25H2,1,3H3;7-8,10H,1-6H2/b22-7-,24-16+;. The lowest BCUT2D eigenvalue weighted by molar-refractivity contribution is -0.118. The SMILES string of the molecule is C=C(/C=C(OCCc1ccc(CNC)cc1)\C(N)=C\CC)c1ccccc1O.O=CC1CC2(CCNCC2)C1. The topological polar surface area (TPSA) is 96.6 Å². The number of rotatable bonds is 11. The van der Waals surface area contributed by atoms with Crippen LogP contribution in [-0.4, -0.2) is 38.1 Å². The molecule has 2 aromatic carbocycles. The smallest absolute Gasteiger partial charge is 0.142 e. The predicted octanol–water partition coefficient (Wildman–Crippen LogP) is 5.49. The van der Waals surface area contributed by atoms with E-state index in [0.29, 0.717) is 40.5 Å². The summed E-state index contributed by atoms with van der Waals surface area (Å²) in [6, 6.07) is 15.6. The Balaban J connectivity index is 0.000000314. The molecular weight excluding hydrogens is 486 g/mol. The van der Waals surface area contributed by atoms with Crippen LogP contribution in [0.15, 0.2) is 78.7 Å². The largest absolute Gasteiger partial charge is 0.507 e. The molecule has 1 aliphatic heterocycles. The van der Waals surface area contributed by atoms with Crippen LogP contribution in [-0.2, 0) is 22.5 Å². The summed E-state index contributed by atoms with van der Waals surface area (Å²) in [5, 5.41) is 16.5. The van der Waals surface area contributed by atoms with Crippen LogP contribution in [0.5, 0.6) is 5.75 Å². The number of carbonyl (C=O) groups excluding carboxylic acids is 1. The van der Waals surface area contributed by atoms with Crippen molar-refractivity contribution in [3.05, 3.63) is 95.4 Å². The summed E-state index contributed by atoms with van der Waals surface area (Å²) < 4.78 is 5.98. The Morgan fingerprint density at radius 1 is 1.15 bits per heavy atom. The van der Waals surface area contributed by atoms with E-state index < -0.39 is 0 Å². The minimum atomic E-state index is 0.183. The number of phenolic OH excluding ortho intramolecular Hbond substituents is 1. The number of nitrogens with one attached hydrogen (secondary N) is 2. The van der Waals surface area contributed by atoms with Crippen molar-refractivity contribution in [1.82, 2.24) is 10.6 Å². The fourth-order valence-corrected chi connectivity index (χ4v) is 5.33. The van der Waals surface area contributed by atoms with E-state index in [0.717, 1.165) is 51.6 Å². The van der Waals surface area contributed by atoms with Gasteiger partial charge < -0.3 is 31.0 Å². The van der Waals surface area contributed by atoms with Crippen molar-refractivity contribution >= 4 is 11.9 Å². The molecule has 1 heterocycles. The summed E-state index contributed by atoms with van der Waals surface area (Å²) in [5.74, 6) is 1.15. The Hall–Kier alpha value is -3.35. The maximum absolute atomic E-state index is 10.4. The Labute approximate surface area is 234 Å². The lowest BCUT2D eigenvalue weighted by Gasteiger charge is -2.48. The molecule has 6 nitrogen and oxygen atoms in total. The normalized spacial score (nSPS) is 17.1. The third kappa shape index (κ3) is 9.12. The van der Waals surface area contributed by atoms with Crippen molar-refractivity contribution in [1.29, 1.82) is 0 Å². The van der Waals surface area contributed by atoms with Crippen molar-refractivity contribution < 1.29 is 14.6 Å². The molecule has 2 aliphatic rings. The molecule has 6 heteroatoms. The number of benzene rings is 2. The number of para-hydroxylation sites is 1. The van der Waals surface area contributed by atoms with Crippen LogP contribution in [0.25, 0.3) is 5.57 Å². The summed E-state index contributed by atoms with van der Waals surface area (Å²) in [4.78, 5) is 10.4. The number of hydrogen-bond acceptors (Lipinski definition) is 6. The van der Waals surface area contributed by atoms with Crippen molar-refractivity contribution in [2.75, 3.05) is 26.7 Å². The molecule has 1 aliphatic carbocycles. The first-order valence-electron chi connectivity index (χ1n) is 14.1. The average molecular weight is 532 g/mol. The third-order valence-corrected chi connectivity index (χ3v) is 7.56. The molecule has 1 saturated heterocycles. The summed E-state index contributed by atoms with van der Waals surface area (Å²) in [6.45, 7) is 9.76. The molecule has 2 aromatic rings. The van der Waals surface area contributed by atoms with Gasteiger partial charge in [0.15, 0.2) is 0 Å². The zero-order chi connectivity index (χ0) is 28.1. The Kier molecular flexibility index (Phi) is 11.8. The molecule has 210 valence electrons. The highest BCUT2D eigenvalue weighted by Gasteiger charge is 2.44. The van der Waals surface area contributed by atoms with Gasteiger partial charge in [-0.05, 0) is 86.5 Å². The summed E-state index contributed by atoms with van der Waals surface area (Å²) >= 11 is 0. The second-order valence-corrected chi connectivity index (χ2v) is 10.6. The van der Waals surface area contributed by atoms with Gasteiger partial charge in [0.05, 0.1) is 12.3 Å². The van der Waals surface area contributed by atoms with Crippen molar-refractivity contribution in [2.24, 2.45) is 17.1 Å². The number of ether oxygens (including phenoxy) is 1. The van der Waals surface area contributed by atoms with Crippen LogP contribution in [0.2, 0.25) is 0 Å². The minimum absolute atomic E-state index is 0.183. The summed E-state index contributed by atoms with van der Waals surface area (Å²) in [6.07, 6.45) is 11.3. The van der Waals surface area contributed by atoms with E-state index in [1.165, 1.54) is 24.0 Å². The average Bonchev–Trinajstić information content (AvgIpc) is 2.93. The second-order valence-electron chi connectivity index (χ2n) is 10.6. The molecule has 0 amide bonds. The van der Waals surface area contributed by atoms with E-state index >= 15 is 0 Å². The van der Waals surface area contributed by atoms with Crippen LogP contribution >= 0.6 is 0 Å². The molecule has 4 rings (SSSR count). The zero-order valence-electron chi connectivity index (χ0n) is 23.5. The molecule has 0 unspecified atom stereocenters. The van der Waals surface area contributed by atoms with Gasteiger partial charge >= 0.3 is 0 Å². The molecule has 2 fully saturated rings. The van der Waals surface area contributed by atoms with Crippen LogP contribution < -0.4 is 16.4 Å². The van der Waals surface area contributed by atoms with E-state index in [2.05, 4.69) is 41.5 Å². The fourth-order valence-electron chi connectivity index (χ4n) is 5.33. The highest BCUT2D eigenvalue weighted by molar-refractivity contribution is 5.76. The Morgan fingerprint density at radius 3 is 2.44 bits per heavy atom. The number of carbonyl (C=O) groups is 1. The van der Waals surface area contributed by atoms with E-state index in [-0.39, 0.29) is 5.75 Å². The molecule has 0 bridgehead atoms. The van der Waals surface area contributed by atoms with Gasteiger partial charge in [-0.2, -0.15) is 0 Å². The number of phenols is 1. The van der Waals surface area contributed by atoms with E-state index in [9.17, 15) is 9.90 Å². The summed E-state index contributed by atoms with van der Waals surface area (Å²) in [7, 11) is 1.94. The molecule has 0 atom stereocenters. The number of piperidine rings is 1. The minimum Gasteiger partial charge on any atom is -0.507 e. The molecule has 0 radical (unpaired) electrons. The number of aldehydes is 1. The third-order valence-electron chi connectivity index (χ3n) is 7.56. The molecule has 1 saturated carbocycles. The lowest BCUT2D eigenvalue weighted by Crippen LogP contribution is -2.45. The van der Waals surface area contributed by atoms with Crippen LogP contribution in [0, 0.1) is 11.3 Å². The van der Waals surface area contributed by atoms with Gasteiger partial charge in [0.1, 0.15) is 17.8 Å². The van der Waals surface area contributed by atoms with Crippen LogP contribution in [0.1, 0.15) is 55.7 Å². The first-order chi connectivity index (χ1) is 18.9. The van der Waals surface area contributed by atoms with Crippen LogP contribution in [0.3, 0.4) is 0 Å². The van der Waals surface area contributed by atoms with Gasteiger partial charge in [-0.15, -0.1) is 0 Å². The van der Waals surface area contributed by atoms with Crippen molar-refractivity contribution in [2.45, 2.75) is 52.0 Å². The van der Waals surface area contributed by atoms with Crippen molar-refractivity contribution in [3.8, 4) is 5.75 Å². The number of aromatic hydroxyl groups is 1. The van der Waals surface area contributed by atoms with Gasteiger partial charge in [-0.1, -0.05) is 62.0 Å². The first-order valence-corrected chi connectivity index (χ1v) is 14.1. The number of hydrogen-bond donors (Lipinski definition) is 4. The fraction of sp³-hybridized carbons (Fsp3) is 0.424. The van der Waals surface area contributed by atoms with Gasteiger partial charge in [0.25, 0.3) is 0 Å². The molecule has 5 N–H and O–H groups in total. The quantitative estimate of drug-likeness (QED) is 0.174. The maximum atomic E-state index is 10.4.